The average Bonchev–Trinajstić information content (AvgIpc) is 2.51. The second-order valence-electron chi connectivity index (χ2n) is 4.58. The number of carbonyl (C=O) groups is 1. The highest BCUT2D eigenvalue weighted by molar-refractivity contribution is 5.74. The Kier molecular flexibility index (Phi) is 5.10. The van der Waals surface area contributed by atoms with Gasteiger partial charge in [-0.1, -0.05) is 36.4 Å². The molecule has 2 aromatic rings. The van der Waals surface area contributed by atoms with Crippen LogP contribution in [-0.2, 0) is 4.79 Å². The van der Waals surface area contributed by atoms with Gasteiger partial charge in [-0.2, -0.15) is 13.2 Å². The highest BCUT2D eigenvalue weighted by atomic mass is 19.4. The number of rotatable bonds is 6. The molecule has 2 rings (SSSR count). The van der Waals surface area contributed by atoms with Gasteiger partial charge in [0.1, 0.15) is 11.5 Å². The lowest BCUT2D eigenvalue weighted by Crippen LogP contribution is -2.51. The molecular formula is C16H13F3O4. The summed E-state index contributed by atoms with van der Waals surface area (Å²) in [7, 11) is 0. The fourth-order valence-corrected chi connectivity index (χ4v) is 1.83. The number of benzene rings is 2. The van der Waals surface area contributed by atoms with Crippen molar-refractivity contribution < 1.29 is 32.5 Å². The first-order valence-electron chi connectivity index (χ1n) is 6.61. The van der Waals surface area contributed by atoms with Crippen molar-refractivity contribution in [1.29, 1.82) is 0 Å². The van der Waals surface area contributed by atoms with E-state index in [0.29, 0.717) is 0 Å². The van der Waals surface area contributed by atoms with Crippen LogP contribution in [0, 0.1) is 0 Å². The standard InChI is InChI=1S/C16H13F3O4/c17-16(18,19)14(23-12-9-5-2-6-10-12)13(15(20)21)22-11-7-3-1-4-8-11/h1-10,13-14H,(H,20,21). The predicted octanol–water partition coefficient (Wildman–Crippen LogP) is 3.53. The van der Waals surface area contributed by atoms with Crippen molar-refractivity contribution in [1.82, 2.24) is 0 Å². The zero-order valence-electron chi connectivity index (χ0n) is 11.7. The number of carboxylic acid groups (broad SMARTS) is 1. The van der Waals surface area contributed by atoms with Gasteiger partial charge in [-0.15, -0.1) is 0 Å². The van der Waals surface area contributed by atoms with E-state index < -0.39 is 24.4 Å². The molecule has 1 N–H and O–H groups in total. The highest BCUT2D eigenvalue weighted by Gasteiger charge is 2.51. The van der Waals surface area contributed by atoms with Crippen molar-refractivity contribution in [2.45, 2.75) is 18.4 Å². The molecule has 0 fully saturated rings. The van der Waals surface area contributed by atoms with Gasteiger partial charge in [0.2, 0.25) is 12.2 Å². The van der Waals surface area contributed by atoms with Crippen molar-refractivity contribution in [3.8, 4) is 11.5 Å². The zero-order chi connectivity index (χ0) is 16.9. The topological polar surface area (TPSA) is 55.8 Å². The maximum atomic E-state index is 13.3. The lowest BCUT2D eigenvalue weighted by Gasteiger charge is -2.27. The van der Waals surface area contributed by atoms with Gasteiger partial charge in [-0.05, 0) is 24.3 Å². The lowest BCUT2D eigenvalue weighted by molar-refractivity contribution is -0.221. The zero-order valence-corrected chi connectivity index (χ0v) is 11.7. The van der Waals surface area contributed by atoms with Gasteiger partial charge in [-0.25, -0.2) is 4.79 Å². The largest absolute Gasteiger partial charge is 0.478 e. The number of aliphatic carboxylic acids is 1. The Morgan fingerprint density at radius 3 is 1.70 bits per heavy atom. The molecule has 0 saturated carbocycles. The van der Waals surface area contributed by atoms with Crippen LogP contribution < -0.4 is 9.47 Å². The monoisotopic (exact) mass is 326 g/mol. The Bertz CT molecular complexity index is 629. The molecule has 2 atom stereocenters. The van der Waals surface area contributed by atoms with Gasteiger partial charge in [0, 0.05) is 0 Å². The summed E-state index contributed by atoms with van der Waals surface area (Å²) in [6, 6.07) is 14.6. The van der Waals surface area contributed by atoms with E-state index in [0.717, 1.165) is 0 Å². The number of hydrogen-bond acceptors (Lipinski definition) is 3. The van der Waals surface area contributed by atoms with Crippen LogP contribution in [0.25, 0.3) is 0 Å². The number of hydrogen-bond donors (Lipinski definition) is 1. The fourth-order valence-electron chi connectivity index (χ4n) is 1.83. The SMILES string of the molecule is O=C(O)C(Oc1ccccc1)C(Oc1ccccc1)C(F)(F)F. The third-order valence-corrected chi connectivity index (χ3v) is 2.85. The van der Waals surface area contributed by atoms with Crippen LogP contribution in [0.15, 0.2) is 60.7 Å². The smallest absolute Gasteiger partial charge is 0.429 e. The molecule has 23 heavy (non-hydrogen) atoms. The van der Waals surface area contributed by atoms with Gasteiger partial charge >= 0.3 is 12.1 Å². The van der Waals surface area contributed by atoms with Crippen molar-refractivity contribution in [2.24, 2.45) is 0 Å². The van der Waals surface area contributed by atoms with E-state index in [4.69, 9.17) is 14.6 Å². The Morgan fingerprint density at radius 2 is 1.30 bits per heavy atom. The molecule has 7 heteroatoms. The molecular weight excluding hydrogens is 313 g/mol. The van der Waals surface area contributed by atoms with E-state index in [9.17, 15) is 18.0 Å². The second kappa shape index (κ2) is 7.04. The molecule has 4 nitrogen and oxygen atoms in total. The molecule has 0 radical (unpaired) electrons. The minimum Gasteiger partial charge on any atom is -0.478 e. The van der Waals surface area contributed by atoms with Crippen LogP contribution in [0.3, 0.4) is 0 Å². The number of carboxylic acids is 1. The molecule has 2 unspecified atom stereocenters. The van der Waals surface area contributed by atoms with Crippen molar-refractivity contribution in [3.63, 3.8) is 0 Å². The summed E-state index contributed by atoms with van der Waals surface area (Å²) in [5, 5.41) is 9.14. The molecule has 0 spiro atoms. The van der Waals surface area contributed by atoms with E-state index in [1.165, 1.54) is 48.5 Å². The first-order valence-corrected chi connectivity index (χ1v) is 6.61. The van der Waals surface area contributed by atoms with E-state index in [1.54, 1.807) is 12.1 Å². The molecule has 0 saturated heterocycles. The van der Waals surface area contributed by atoms with Gasteiger partial charge in [0.05, 0.1) is 0 Å². The number of para-hydroxylation sites is 2. The first kappa shape index (κ1) is 16.7. The molecule has 0 bridgehead atoms. The van der Waals surface area contributed by atoms with Gasteiger partial charge < -0.3 is 14.6 Å². The summed E-state index contributed by atoms with van der Waals surface area (Å²) >= 11 is 0. The van der Waals surface area contributed by atoms with E-state index in [-0.39, 0.29) is 11.5 Å². The number of halogens is 3. The van der Waals surface area contributed by atoms with Crippen molar-refractivity contribution in [2.75, 3.05) is 0 Å². The maximum Gasteiger partial charge on any atom is 0.429 e. The summed E-state index contributed by atoms with van der Waals surface area (Å²) < 4.78 is 49.6. The summed E-state index contributed by atoms with van der Waals surface area (Å²) in [5.74, 6) is -1.87. The van der Waals surface area contributed by atoms with Crippen LogP contribution >= 0.6 is 0 Å². The Balaban J connectivity index is 2.28. The molecule has 0 aliphatic rings. The fraction of sp³-hybridized carbons (Fsp3) is 0.188. The minimum atomic E-state index is -4.92. The lowest BCUT2D eigenvalue weighted by atomic mass is 10.2. The van der Waals surface area contributed by atoms with Crippen molar-refractivity contribution >= 4 is 5.97 Å². The number of ether oxygens (including phenoxy) is 2. The van der Waals surface area contributed by atoms with Crippen LogP contribution in [0.2, 0.25) is 0 Å². The van der Waals surface area contributed by atoms with E-state index in [2.05, 4.69) is 0 Å². The normalized spacial score (nSPS) is 13.9. The first-order chi connectivity index (χ1) is 10.9. The molecule has 2 aromatic carbocycles. The van der Waals surface area contributed by atoms with Crippen LogP contribution in [-0.4, -0.2) is 29.5 Å². The van der Waals surface area contributed by atoms with Gasteiger partial charge in [0.25, 0.3) is 0 Å². The molecule has 0 aliphatic carbocycles. The summed E-state index contributed by atoms with van der Waals surface area (Å²) in [4.78, 5) is 11.3. The molecule has 0 heterocycles. The van der Waals surface area contributed by atoms with Crippen LogP contribution in [0.1, 0.15) is 0 Å². The average molecular weight is 326 g/mol. The second-order valence-corrected chi connectivity index (χ2v) is 4.58. The summed E-state index contributed by atoms with van der Waals surface area (Å²) in [6.07, 6.45) is -9.81. The maximum absolute atomic E-state index is 13.3. The Hall–Kier alpha value is -2.70. The van der Waals surface area contributed by atoms with Gasteiger partial charge in [0.15, 0.2) is 0 Å². The Morgan fingerprint density at radius 1 is 0.870 bits per heavy atom. The van der Waals surface area contributed by atoms with Gasteiger partial charge in [-0.3, -0.25) is 0 Å². The van der Waals surface area contributed by atoms with Crippen LogP contribution in [0.4, 0.5) is 13.2 Å². The van der Waals surface area contributed by atoms with Crippen LogP contribution in [0.5, 0.6) is 11.5 Å². The third kappa shape index (κ3) is 4.64. The molecule has 0 aliphatic heterocycles. The molecule has 122 valence electrons. The molecule has 0 amide bonds. The van der Waals surface area contributed by atoms with E-state index in [1.807, 2.05) is 0 Å². The Labute approximate surface area is 130 Å². The number of alkyl halides is 3. The molecule has 0 aromatic heterocycles. The quantitative estimate of drug-likeness (QED) is 0.882. The highest BCUT2D eigenvalue weighted by Crippen LogP contribution is 2.29. The predicted molar refractivity (Wildman–Crippen MR) is 75.4 cm³/mol. The summed E-state index contributed by atoms with van der Waals surface area (Å²) in [5.41, 5.74) is 0. The summed E-state index contributed by atoms with van der Waals surface area (Å²) in [6.45, 7) is 0. The minimum absolute atomic E-state index is 0.00538. The third-order valence-electron chi connectivity index (χ3n) is 2.85. The van der Waals surface area contributed by atoms with Crippen molar-refractivity contribution in [3.05, 3.63) is 60.7 Å². The van der Waals surface area contributed by atoms with E-state index >= 15 is 0 Å².